The summed E-state index contributed by atoms with van der Waals surface area (Å²) < 4.78 is 0. The van der Waals surface area contributed by atoms with E-state index in [9.17, 15) is 4.79 Å². The van der Waals surface area contributed by atoms with E-state index in [4.69, 9.17) is 6.42 Å². The molecule has 0 spiro atoms. The lowest BCUT2D eigenvalue weighted by Gasteiger charge is -2.42. The summed E-state index contributed by atoms with van der Waals surface area (Å²) in [5.41, 5.74) is 0.445. The van der Waals surface area contributed by atoms with Gasteiger partial charge in [-0.15, -0.1) is 6.42 Å². The van der Waals surface area contributed by atoms with Crippen molar-refractivity contribution in [3.63, 3.8) is 0 Å². The quantitative estimate of drug-likeness (QED) is 0.665. The van der Waals surface area contributed by atoms with Crippen LogP contribution in [-0.2, 0) is 4.79 Å². The van der Waals surface area contributed by atoms with E-state index < -0.39 is 0 Å². The molecule has 1 aliphatic carbocycles. The second-order valence-electron chi connectivity index (χ2n) is 4.73. The minimum absolute atomic E-state index is 0.0106. The van der Waals surface area contributed by atoms with E-state index in [1.807, 2.05) is 6.92 Å². The third kappa shape index (κ3) is 3.24. The topological polar surface area (TPSA) is 41.1 Å². The zero-order chi connectivity index (χ0) is 12.0. The predicted molar refractivity (Wildman–Crippen MR) is 65.9 cm³/mol. The molecular weight excluding hydrogens is 200 g/mol. The molecule has 2 N–H and O–H groups in total. The largest absolute Gasteiger partial charge is 0.344 e. The van der Waals surface area contributed by atoms with E-state index in [1.165, 1.54) is 25.7 Å². The summed E-state index contributed by atoms with van der Waals surface area (Å²) >= 11 is 0. The Hall–Kier alpha value is -1.01. The average Bonchev–Trinajstić information content (AvgIpc) is 2.24. The molecule has 90 valence electrons. The lowest BCUT2D eigenvalue weighted by Crippen LogP contribution is -2.48. The van der Waals surface area contributed by atoms with Crippen molar-refractivity contribution in [2.24, 2.45) is 5.41 Å². The van der Waals surface area contributed by atoms with Crippen molar-refractivity contribution in [3.8, 4) is 12.3 Å². The highest BCUT2D eigenvalue weighted by Gasteiger charge is 2.35. The molecular formula is C13H22N2O. The minimum Gasteiger partial charge on any atom is -0.344 e. The maximum atomic E-state index is 11.5. The summed E-state index contributed by atoms with van der Waals surface area (Å²) in [4.78, 5) is 11.5. The summed E-state index contributed by atoms with van der Waals surface area (Å²) in [5.74, 6) is 2.39. The van der Waals surface area contributed by atoms with Gasteiger partial charge in [0.1, 0.15) is 0 Å². The first-order valence-electron chi connectivity index (χ1n) is 6.08. The Balaban J connectivity index is 2.26. The summed E-state index contributed by atoms with van der Waals surface area (Å²) in [6, 6.07) is -0.155. The molecule has 0 heterocycles. The van der Waals surface area contributed by atoms with Crippen LogP contribution >= 0.6 is 0 Å². The molecule has 0 aromatic rings. The summed E-state index contributed by atoms with van der Waals surface area (Å²) in [6.07, 6.45) is 10.2. The van der Waals surface area contributed by atoms with Gasteiger partial charge in [0.05, 0.1) is 12.6 Å². The van der Waals surface area contributed by atoms with E-state index in [0.717, 1.165) is 6.54 Å². The molecule has 0 aromatic heterocycles. The Morgan fingerprint density at radius 1 is 1.56 bits per heavy atom. The number of rotatable bonds is 6. The van der Waals surface area contributed by atoms with Gasteiger partial charge in [0, 0.05) is 6.54 Å². The van der Waals surface area contributed by atoms with Crippen LogP contribution in [-0.4, -0.2) is 25.0 Å². The van der Waals surface area contributed by atoms with Crippen LogP contribution in [0.15, 0.2) is 0 Å². The molecule has 0 radical (unpaired) electrons. The number of hydrogen-bond donors (Lipinski definition) is 2. The molecule has 0 aliphatic heterocycles. The molecule has 0 aromatic carbocycles. The second kappa shape index (κ2) is 5.91. The number of amides is 1. The van der Waals surface area contributed by atoms with Crippen LogP contribution in [0.25, 0.3) is 0 Å². The van der Waals surface area contributed by atoms with Gasteiger partial charge in [-0.05, 0) is 31.6 Å². The number of nitrogens with one attached hydrogen (secondary N) is 2. The first-order valence-corrected chi connectivity index (χ1v) is 6.08. The molecule has 3 heteroatoms. The molecule has 1 atom stereocenters. The van der Waals surface area contributed by atoms with E-state index >= 15 is 0 Å². The zero-order valence-electron chi connectivity index (χ0n) is 10.3. The summed E-state index contributed by atoms with van der Waals surface area (Å²) in [6.45, 7) is 5.36. The first-order chi connectivity index (χ1) is 7.63. The maximum absolute atomic E-state index is 11.5. The zero-order valence-corrected chi connectivity index (χ0v) is 10.3. The lowest BCUT2D eigenvalue weighted by atomic mass is 9.67. The first kappa shape index (κ1) is 13.1. The second-order valence-corrected chi connectivity index (χ2v) is 4.73. The fourth-order valence-corrected chi connectivity index (χ4v) is 2.09. The molecule has 1 fully saturated rings. The van der Waals surface area contributed by atoms with Gasteiger partial charge in [-0.3, -0.25) is 4.79 Å². The van der Waals surface area contributed by atoms with Crippen molar-refractivity contribution < 1.29 is 4.79 Å². The maximum Gasteiger partial charge on any atom is 0.237 e. The third-order valence-corrected chi connectivity index (χ3v) is 3.71. The van der Waals surface area contributed by atoms with Gasteiger partial charge in [-0.25, -0.2) is 0 Å². The average molecular weight is 222 g/mol. The van der Waals surface area contributed by atoms with Gasteiger partial charge in [0.25, 0.3) is 0 Å². The Kier molecular flexibility index (Phi) is 4.82. The highest BCUT2D eigenvalue weighted by molar-refractivity contribution is 5.81. The minimum atomic E-state index is -0.155. The van der Waals surface area contributed by atoms with Crippen molar-refractivity contribution >= 4 is 5.91 Å². The van der Waals surface area contributed by atoms with Gasteiger partial charge in [-0.2, -0.15) is 0 Å². The van der Waals surface area contributed by atoms with Crippen LogP contribution in [0, 0.1) is 17.8 Å². The van der Waals surface area contributed by atoms with Crippen molar-refractivity contribution in [2.45, 2.75) is 45.6 Å². The van der Waals surface area contributed by atoms with Crippen molar-refractivity contribution in [1.29, 1.82) is 0 Å². The Labute approximate surface area is 98.4 Å². The SMILES string of the molecule is C#CCNC(=O)C(C)NCC1(CC)CCC1. The van der Waals surface area contributed by atoms with Crippen LogP contribution in [0.4, 0.5) is 0 Å². The smallest absolute Gasteiger partial charge is 0.237 e. The van der Waals surface area contributed by atoms with E-state index in [0.29, 0.717) is 12.0 Å². The molecule has 1 rings (SSSR count). The summed E-state index contributed by atoms with van der Waals surface area (Å²) in [5, 5.41) is 5.99. The lowest BCUT2D eigenvalue weighted by molar-refractivity contribution is -0.122. The molecule has 1 amide bonds. The van der Waals surface area contributed by atoms with Crippen LogP contribution in [0.1, 0.15) is 39.5 Å². The molecule has 1 saturated carbocycles. The number of carbonyl (C=O) groups excluding carboxylic acids is 1. The predicted octanol–water partition coefficient (Wildman–Crippen LogP) is 1.29. The Morgan fingerprint density at radius 3 is 2.69 bits per heavy atom. The number of hydrogen-bond acceptors (Lipinski definition) is 2. The molecule has 1 unspecified atom stereocenters. The van der Waals surface area contributed by atoms with E-state index in [1.54, 1.807) is 0 Å². The van der Waals surface area contributed by atoms with Gasteiger partial charge < -0.3 is 10.6 Å². The highest BCUT2D eigenvalue weighted by atomic mass is 16.2. The molecule has 0 saturated heterocycles. The number of carbonyl (C=O) groups is 1. The van der Waals surface area contributed by atoms with Crippen molar-refractivity contribution in [1.82, 2.24) is 10.6 Å². The Morgan fingerprint density at radius 2 is 2.25 bits per heavy atom. The monoisotopic (exact) mass is 222 g/mol. The van der Waals surface area contributed by atoms with Crippen LogP contribution < -0.4 is 10.6 Å². The van der Waals surface area contributed by atoms with Gasteiger partial charge >= 0.3 is 0 Å². The van der Waals surface area contributed by atoms with Gasteiger partial charge in [0.15, 0.2) is 0 Å². The molecule has 0 bridgehead atoms. The third-order valence-electron chi connectivity index (χ3n) is 3.71. The van der Waals surface area contributed by atoms with Crippen LogP contribution in [0.3, 0.4) is 0 Å². The highest BCUT2D eigenvalue weighted by Crippen LogP contribution is 2.43. The van der Waals surface area contributed by atoms with Crippen LogP contribution in [0.2, 0.25) is 0 Å². The fourth-order valence-electron chi connectivity index (χ4n) is 2.09. The van der Waals surface area contributed by atoms with Gasteiger partial charge in [-0.1, -0.05) is 19.3 Å². The van der Waals surface area contributed by atoms with E-state index in [2.05, 4.69) is 23.5 Å². The normalized spacial score (nSPS) is 19.3. The van der Waals surface area contributed by atoms with E-state index in [-0.39, 0.29) is 11.9 Å². The molecule has 3 nitrogen and oxygen atoms in total. The molecule has 1 aliphatic rings. The Bertz CT molecular complexity index is 271. The standard InChI is InChI=1S/C13H22N2O/c1-4-9-14-12(16)11(3)15-10-13(5-2)7-6-8-13/h1,11,15H,5-10H2,2-3H3,(H,14,16). The van der Waals surface area contributed by atoms with Crippen molar-refractivity contribution in [3.05, 3.63) is 0 Å². The summed E-state index contributed by atoms with van der Waals surface area (Å²) in [7, 11) is 0. The fraction of sp³-hybridized carbons (Fsp3) is 0.769. The van der Waals surface area contributed by atoms with Gasteiger partial charge in [0.2, 0.25) is 5.91 Å². The van der Waals surface area contributed by atoms with Crippen LogP contribution in [0.5, 0.6) is 0 Å². The molecule has 16 heavy (non-hydrogen) atoms. The number of terminal acetylenes is 1. The van der Waals surface area contributed by atoms with Crippen molar-refractivity contribution in [2.75, 3.05) is 13.1 Å².